The van der Waals surface area contributed by atoms with Gasteiger partial charge in [0.05, 0.1) is 23.4 Å². The highest BCUT2D eigenvalue weighted by Gasteiger charge is 2.59. The maximum Gasteiger partial charge on any atom is 0.259 e. The van der Waals surface area contributed by atoms with E-state index in [1.54, 1.807) is 47.6 Å². The minimum Gasteiger partial charge on any atom is -0.490 e. The van der Waals surface area contributed by atoms with Crippen LogP contribution in [0.1, 0.15) is 30.5 Å². The maximum atomic E-state index is 15.2. The first-order valence-corrected chi connectivity index (χ1v) is 12.7. The Morgan fingerprint density at radius 2 is 1.92 bits per heavy atom. The number of hydrogen-bond acceptors (Lipinski definition) is 6. The van der Waals surface area contributed by atoms with Gasteiger partial charge >= 0.3 is 0 Å². The number of thiocarbonyl (C=S) groups is 1. The summed E-state index contributed by atoms with van der Waals surface area (Å²) in [5, 5.41) is 10.4. The van der Waals surface area contributed by atoms with Crippen molar-refractivity contribution in [1.82, 2.24) is 9.97 Å². The zero-order chi connectivity index (χ0) is 26.3. The molecule has 0 unspecified atom stereocenters. The largest absolute Gasteiger partial charge is 0.490 e. The molecule has 188 valence electrons. The number of amides is 1. The highest BCUT2D eigenvalue weighted by Crippen LogP contribution is 2.49. The predicted molar refractivity (Wildman–Crippen MR) is 145 cm³/mol. The Bertz CT molecular complexity index is 1620. The van der Waals surface area contributed by atoms with Crippen LogP contribution >= 0.6 is 12.2 Å². The van der Waals surface area contributed by atoms with Crippen LogP contribution in [0.15, 0.2) is 73.1 Å². The van der Waals surface area contributed by atoms with Crippen LogP contribution in [-0.4, -0.2) is 33.1 Å². The number of rotatable bonds is 6. The Balaban J connectivity index is 1.32. The second-order valence-corrected chi connectivity index (χ2v) is 9.69. The quantitative estimate of drug-likeness (QED) is 0.316. The highest BCUT2D eigenvalue weighted by atomic mass is 32.1. The average molecular weight is 524 g/mol. The molecule has 1 spiro atoms. The predicted octanol–water partition coefficient (Wildman–Crippen LogP) is 5.32. The number of pyridine rings is 2. The number of aromatic nitrogens is 2. The molecule has 7 nitrogen and oxygen atoms in total. The van der Waals surface area contributed by atoms with Gasteiger partial charge in [0, 0.05) is 41.6 Å². The molecule has 2 aliphatic rings. The van der Waals surface area contributed by atoms with Gasteiger partial charge < -0.3 is 9.64 Å². The number of nitrogens with zero attached hydrogens (tertiary/aromatic N) is 5. The van der Waals surface area contributed by atoms with E-state index in [2.05, 4.69) is 16.0 Å². The molecule has 2 fully saturated rings. The molecule has 9 heteroatoms. The van der Waals surface area contributed by atoms with E-state index in [0.29, 0.717) is 47.1 Å². The molecule has 4 aromatic rings. The molecule has 6 rings (SSSR count). The summed E-state index contributed by atoms with van der Waals surface area (Å²) in [4.78, 5) is 25.8. The van der Waals surface area contributed by atoms with Gasteiger partial charge in [-0.15, -0.1) is 0 Å². The third kappa shape index (κ3) is 3.76. The SMILES string of the molecule is N#Cc1ccc(N2C(=O)C3(CCC3)N(c3ccc(OCCc4ccccn4)c(F)c3)C2=S)c2cccnc12. The van der Waals surface area contributed by atoms with Crippen LogP contribution in [0.3, 0.4) is 0 Å². The summed E-state index contributed by atoms with van der Waals surface area (Å²) in [6.45, 7) is 0.283. The van der Waals surface area contributed by atoms with Crippen LogP contribution in [0.25, 0.3) is 10.9 Å². The van der Waals surface area contributed by atoms with Gasteiger partial charge in [-0.25, -0.2) is 4.39 Å². The van der Waals surface area contributed by atoms with Crippen molar-refractivity contribution in [2.24, 2.45) is 0 Å². The fourth-order valence-electron chi connectivity index (χ4n) is 5.19. The van der Waals surface area contributed by atoms with Crippen molar-refractivity contribution in [2.45, 2.75) is 31.2 Å². The zero-order valence-corrected chi connectivity index (χ0v) is 21.1. The van der Waals surface area contributed by atoms with Crippen LogP contribution in [-0.2, 0) is 11.2 Å². The van der Waals surface area contributed by atoms with Gasteiger partial charge in [0.25, 0.3) is 5.91 Å². The number of ether oxygens (including phenoxy) is 1. The first-order valence-electron chi connectivity index (χ1n) is 12.3. The molecule has 1 saturated carbocycles. The maximum absolute atomic E-state index is 15.2. The second-order valence-electron chi connectivity index (χ2n) is 9.32. The van der Waals surface area contributed by atoms with Crippen LogP contribution in [0.4, 0.5) is 15.8 Å². The number of carbonyl (C=O) groups excluding carboxylic acids is 1. The Kier molecular flexibility index (Phi) is 5.97. The van der Waals surface area contributed by atoms with Gasteiger partial charge in [0.2, 0.25) is 0 Å². The second kappa shape index (κ2) is 9.47. The molecular weight excluding hydrogens is 501 g/mol. The van der Waals surface area contributed by atoms with Crippen molar-refractivity contribution < 1.29 is 13.9 Å². The Labute approximate surface area is 224 Å². The van der Waals surface area contributed by atoms with Gasteiger partial charge in [-0.2, -0.15) is 5.26 Å². The van der Waals surface area contributed by atoms with E-state index < -0.39 is 11.4 Å². The van der Waals surface area contributed by atoms with E-state index in [4.69, 9.17) is 17.0 Å². The van der Waals surface area contributed by atoms with Crippen LogP contribution in [0, 0.1) is 17.1 Å². The number of anilines is 2. The summed E-state index contributed by atoms with van der Waals surface area (Å²) < 4.78 is 20.9. The van der Waals surface area contributed by atoms with Crippen molar-refractivity contribution in [2.75, 3.05) is 16.4 Å². The van der Waals surface area contributed by atoms with Gasteiger partial charge in [0.15, 0.2) is 16.7 Å². The molecule has 2 aromatic carbocycles. The number of halogens is 1. The topological polar surface area (TPSA) is 82.4 Å². The molecule has 2 aromatic heterocycles. The minimum atomic E-state index is -0.868. The molecule has 0 bridgehead atoms. The molecule has 0 N–H and O–H groups in total. The number of hydrogen-bond donors (Lipinski definition) is 0. The van der Waals surface area contributed by atoms with Gasteiger partial charge in [-0.05, 0) is 80.0 Å². The number of carbonyl (C=O) groups is 1. The summed E-state index contributed by atoms with van der Waals surface area (Å²) in [6, 6.07) is 19.4. The van der Waals surface area contributed by atoms with Crippen molar-refractivity contribution >= 4 is 45.5 Å². The fourth-order valence-corrected chi connectivity index (χ4v) is 5.65. The summed E-state index contributed by atoms with van der Waals surface area (Å²) in [5.41, 5.74) is 1.97. The molecule has 1 aliphatic carbocycles. The van der Waals surface area contributed by atoms with E-state index >= 15 is 4.39 Å². The van der Waals surface area contributed by atoms with Crippen LogP contribution in [0.5, 0.6) is 5.75 Å². The van der Waals surface area contributed by atoms with E-state index in [9.17, 15) is 10.1 Å². The van der Waals surface area contributed by atoms with Crippen LogP contribution < -0.4 is 14.5 Å². The van der Waals surface area contributed by atoms with Crippen molar-refractivity contribution in [3.05, 3.63) is 90.1 Å². The lowest BCUT2D eigenvalue weighted by atomic mass is 9.75. The van der Waals surface area contributed by atoms with Crippen LogP contribution in [0.2, 0.25) is 0 Å². The third-order valence-electron chi connectivity index (χ3n) is 7.22. The standard InChI is InChI=1S/C29H22FN5O2S/c30-23-17-21(8-10-25(23)37-16-11-20-5-1-2-14-32-20)35-28(38)34(27(36)29(35)12-4-13-29)24-9-7-19(18-31)26-22(24)6-3-15-33-26/h1-3,5-10,14-15,17H,4,11-13,16H2. The third-order valence-corrected chi connectivity index (χ3v) is 7.58. The monoisotopic (exact) mass is 523 g/mol. The first-order chi connectivity index (χ1) is 18.5. The van der Waals surface area contributed by atoms with Gasteiger partial charge in [-0.3, -0.25) is 19.7 Å². The molecule has 0 radical (unpaired) electrons. The van der Waals surface area contributed by atoms with E-state index in [0.717, 1.165) is 12.1 Å². The first kappa shape index (κ1) is 23.9. The Hall–Kier alpha value is -4.42. The molecule has 1 amide bonds. The summed E-state index contributed by atoms with van der Waals surface area (Å²) in [7, 11) is 0. The summed E-state index contributed by atoms with van der Waals surface area (Å²) in [5.74, 6) is -0.552. The highest BCUT2D eigenvalue weighted by molar-refractivity contribution is 7.81. The lowest BCUT2D eigenvalue weighted by Gasteiger charge is -2.43. The summed E-state index contributed by atoms with van der Waals surface area (Å²) in [6.07, 6.45) is 5.96. The lowest BCUT2D eigenvalue weighted by molar-refractivity contribution is -0.123. The smallest absolute Gasteiger partial charge is 0.259 e. The fraction of sp³-hybridized carbons (Fsp3) is 0.207. The normalized spacial score (nSPS) is 16.1. The van der Waals surface area contributed by atoms with Gasteiger partial charge in [0.1, 0.15) is 11.6 Å². The zero-order valence-electron chi connectivity index (χ0n) is 20.3. The minimum absolute atomic E-state index is 0.129. The van der Waals surface area contributed by atoms with E-state index in [1.807, 2.05) is 24.3 Å². The van der Waals surface area contributed by atoms with Crippen molar-refractivity contribution in [3.8, 4) is 11.8 Å². The molecule has 3 heterocycles. The molecular formula is C29H22FN5O2S. The number of fused-ring (bicyclic) bond motifs is 1. The lowest BCUT2D eigenvalue weighted by Crippen LogP contribution is -2.55. The van der Waals surface area contributed by atoms with Gasteiger partial charge in [-0.1, -0.05) is 6.07 Å². The van der Waals surface area contributed by atoms with Crippen molar-refractivity contribution in [3.63, 3.8) is 0 Å². The van der Waals surface area contributed by atoms with Crippen molar-refractivity contribution in [1.29, 1.82) is 5.26 Å². The number of nitriles is 1. The Morgan fingerprint density at radius 3 is 2.63 bits per heavy atom. The summed E-state index contributed by atoms with van der Waals surface area (Å²) >= 11 is 5.86. The van der Waals surface area contributed by atoms with E-state index in [-0.39, 0.29) is 23.4 Å². The van der Waals surface area contributed by atoms with E-state index in [1.165, 1.54) is 11.0 Å². The Morgan fingerprint density at radius 1 is 1.08 bits per heavy atom. The molecule has 38 heavy (non-hydrogen) atoms. The number of benzene rings is 2. The molecule has 0 atom stereocenters. The molecule has 1 aliphatic heterocycles. The average Bonchev–Trinajstić information content (AvgIpc) is 3.16. The molecule has 1 saturated heterocycles.